The zero-order valence-corrected chi connectivity index (χ0v) is 15.2. The molecule has 148 valence electrons. The summed E-state index contributed by atoms with van der Waals surface area (Å²) < 4.78 is 5.23. The number of hydroxylamine groups is 2. The van der Waals surface area contributed by atoms with Gasteiger partial charge in [0.1, 0.15) is 12.6 Å². The first kappa shape index (κ1) is 19.3. The SMILES string of the molecule is CN1CN(C(=O)OCc2ccccc2)[C@@H](CC(=O)ON2C(=O)CCC2=O)C1=O. The number of imide groups is 1. The van der Waals surface area contributed by atoms with E-state index in [0.717, 1.165) is 10.5 Å². The summed E-state index contributed by atoms with van der Waals surface area (Å²) in [5.74, 6) is -2.66. The first-order valence-electron chi connectivity index (χ1n) is 8.65. The van der Waals surface area contributed by atoms with E-state index in [2.05, 4.69) is 0 Å². The van der Waals surface area contributed by atoms with Gasteiger partial charge in [-0.1, -0.05) is 30.3 Å². The number of amides is 4. The third kappa shape index (κ3) is 4.11. The van der Waals surface area contributed by atoms with Crippen LogP contribution in [0.3, 0.4) is 0 Å². The van der Waals surface area contributed by atoms with E-state index in [1.54, 1.807) is 24.3 Å². The van der Waals surface area contributed by atoms with Crippen molar-refractivity contribution < 1.29 is 33.5 Å². The van der Waals surface area contributed by atoms with Crippen LogP contribution >= 0.6 is 0 Å². The molecule has 0 saturated carbocycles. The maximum Gasteiger partial charge on any atom is 0.412 e. The van der Waals surface area contributed by atoms with E-state index in [0.29, 0.717) is 5.06 Å². The molecular weight excluding hydrogens is 370 g/mol. The predicted molar refractivity (Wildman–Crippen MR) is 91.7 cm³/mol. The summed E-state index contributed by atoms with van der Waals surface area (Å²) in [6.07, 6.45) is -1.32. The van der Waals surface area contributed by atoms with E-state index in [9.17, 15) is 24.0 Å². The van der Waals surface area contributed by atoms with Crippen molar-refractivity contribution in [3.8, 4) is 0 Å². The largest absolute Gasteiger partial charge is 0.444 e. The topological polar surface area (TPSA) is 114 Å². The molecule has 2 saturated heterocycles. The molecule has 2 aliphatic heterocycles. The van der Waals surface area contributed by atoms with Crippen molar-refractivity contribution in [1.29, 1.82) is 0 Å². The van der Waals surface area contributed by atoms with Crippen molar-refractivity contribution in [2.75, 3.05) is 13.7 Å². The fourth-order valence-electron chi connectivity index (χ4n) is 2.92. The number of rotatable bonds is 5. The first-order chi connectivity index (χ1) is 13.4. The molecule has 0 aliphatic carbocycles. The van der Waals surface area contributed by atoms with Crippen LogP contribution in [-0.2, 0) is 35.4 Å². The summed E-state index contributed by atoms with van der Waals surface area (Å²) in [4.78, 5) is 67.1. The maximum absolute atomic E-state index is 12.4. The number of nitrogens with zero attached hydrogens (tertiary/aromatic N) is 3. The van der Waals surface area contributed by atoms with Gasteiger partial charge in [0.25, 0.3) is 11.8 Å². The van der Waals surface area contributed by atoms with Gasteiger partial charge in [-0.25, -0.2) is 9.59 Å². The molecule has 1 atom stereocenters. The molecule has 10 nitrogen and oxygen atoms in total. The second kappa shape index (κ2) is 8.07. The van der Waals surface area contributed by atoms with Crippen LogP contribution in [0.1, 0.15) is 24.8 Å². The molecule has 1 aromatic carbocycles. The molecule has 0 radical (unpaired) electrons. The Morgan fingerprint density at radius 2 is 1.71 bits per heavy atom. The van der Waals surface area contributed by atoms with Gasteiger partial charge in [0.05, 0.1) is 13.1 Å². The highest BCUT2D eigenvalue weighted by atomic mass is 16.7. The van der Waals surface area contributed by atoms with Gasteiger partial charge in [0.15, 0.2) is 0 Å². The average Bonchev–Trinajstić information content (AvgIpc) is 3.15. The van der Waals surface area contributed by atoms with Gasteiger partial charge >= 0.3 is 12.1 Å². The molecule has 0 aromatic heterocycles. The monoisotopic (exact) mass is 389 g/mol. The van der Waals surface area contributed by atoms with Crippen molar-refractivity contribution in [2.45, 2.75) is 31.9 Å². The van der Waals surface area contributed by atoms with Gasteiger partial charge in [-0.3, -0.25) is 19.3 Å². The van der Waals surface area contributed by atoms with Gasteiger partial charge in [-0.05, 0) is 5.56 Å². The number of carbonyl (C=O) groups is 5. The standard InChI is InChI=1S/C18H19N3O7/c1-19-11-20(18(26)27-10-12-5-3-2-4-6-12)13(17(19)25)9-16(24)28-21-14(22)7-8-15(21)23/h2-6,13H,7-11H2,1H3/t13-/m0/s1. The molecule has 28 heavy (non-hydrogen) atoms. The summed E-state index contributed by atoms with van der Waals surface area (Å²) in [6.45, 7) is -0.0337. The van der Waals surface area contributed by atoms with E-state index in [1.807, 2.05) is 6.07 Å². The highest BCUT2D eigenvalue weighted by Gasteiger charge is 2.43. The Labute approximate surface area is 160 Å². The molecule has 0 N–H and O–H groups in total. The minimum absolute atomic E-state index is 0.0159. The Morgan fingerprint density at radius 3 is 2.36 bits per heavy atom. The minimum Gasteiger partial charge on any atom is -0.444 e. The van der Waals surface area contributed by atoms with Crippen molar-refractivity contribution in [3.05, 3.63) is 35.9 Å². The molecule has 10 heteroatoms. The molecule has 0 bridgehead atoms. The van der Waals surface area contributed by atoms with Crippen molar-refractivity contribution in [1.82, 2.24) is 14.9 Å². The Balaban J connectivity index is 1.61. The minimum atomic E-state index is -1.13. The van der Waals surface area contributed by atoms with Crippen molar-refractivity contribution >= 4 is 29.8 Å². The molecule has 4 amide bonds. The zero-order chi connectivity index (χ0) is 20.3. The average molecular weight is 389 g/mol. The lowest BCUT2D eigenvalue weighted by molar-refractivity contribution is -0.198. The van der Waals surface area contributed by atoms with E-state index in [4.69, 9.17) is 9.57 Å². The Kier molecular flexibility index (Phi) is 5.57. The third-order valence-corrected chi connectivity index (χ3v) is 4.40. The van der Waals surface area contributed by atoms with Crippen molar-refractivity contribution in [3.63, 3.8) is 0 Å². The predicted octanol–water partition coefficient (Wildman–Crippen LogP) is 0.421. The van der Waals surface area contributed by atoms with Gasteiger partial charge in [0, 0.05) is 19.9 Å². The summed E-state index contributed by atoms with van der Waals surface area (Å²) in [5, 5.41) is 0.406. The fourth-order valence-corrected chi connectivity index (χ4v) is 2.92. The highest BCUT2D eigenvalue weighted by Crippen LogP contribution is 2.20. The Morgan fingerprint density at radius 1 is 1.07 bits per heavy atom. The maximum atomic E-state index is 12.4. The van der Waals surface area contributed by atoms with Gasteiger partial charge < -0.3 is 14.5 Å². The molecule has 2 heterocycles. The van der Waals surface area contributed by atoms with Crippen LogP contribution < -0.4 is 0 Å². The van der Waals surface area contributed by atoms with E-state index < -0.39 is 42.2 Å². The lowest BCUT2D eigenvalue weighted by Gasteiger charge is -2.21. The lowest BCUT2D eigenvalue weighted by atomic mass is 10.2. The number of hydrogen-bond donors (Lipinski definition) is 0. The number of likely N-dealkylation sites (N-methyl/N-ethyl adjacent to an activating group) is 1. The number of benzene rings is 1. The number of carbonyl (C=O) groups excluding carboxylic acids is 5. The van der Waals surface area contributed by atoms with Crippen LogP contribution in [0.5, 0.6) is 0 Å². The molecule has 2 aliphatic rings. The molecule has 0 unspecified atom stereocenters. The number of ether oxygens (including phenoxy) is 1. The first-order valence-corrected chi connectivity index (χ1v) is 8.65. The summed E-state index contributed by atoms with van der Waals surface area (Å²) >= 11 is 0. The van der Waals surface area contributed by atoms with Gasteiger partial charge in [-0.15, -0.1) is 5.06 Å². The smallest absolute Gasteiger partial charge is 0.412 e. The summed E-state index contributed by atoms with van der Waals surface area (Å²) in [7, 11) is 1.48. The summed E-state index contributed by atoms with van der Waals surface area (Å²) in [6, 6.07) is 7.87. The molecule has 1 aromatic rings. The van der Waals surface area contributed by atoms with E-state index in [1.165, 1.54) is 11.9 Å². The Hall–Kier alpha value is -3.43. The van der Waals surface area contributed by atoms with Crippen LogP contribution in [-0.4, -0.2) is 64.4 Å². The van der Waals surface area contributed by atoms with Gasteiger partial charge in [0.2, 0.25) is 5.91 Å². The van der Waals surface area contributed by atoms with Crippen LogP contribution in [0.15, 0.2) is 30.3 Å². The molecule has 3 rings (SSSR count). The second-order valence-electron chi connectivity index (χ2n) is 6.45. The number of hydrogen-bond acceptors (Lipinski definition) is 7. The van der Waals surface area contributed by atoms with Crippen molar-refractivity contribution in [2.24, 2.45) is 0 Å². The second-order valence-corrected chi connectivity index (χ2v) is 6.45. The zero-order valence-electron chi connectivity index (χ0n) is 15.2. The third-order valence-electron chi connectivity index (χ3n) is 4.40. The van der Waals surface area contributed by atoms with E-state index >= 15 is 0 Å². The fraction of sp³-hybridized carbons (Fsp3) is 0.389. The van der Waals surface area contributed by atoms with Crippen LogP contribution in [0.25, 0.3) is 0 Å². The lowest BCUT2D eigenvalue weighted by Crippen LogP contribution is -2.41. The van der Waals surface area contributed by atoms with Gasteiger partial charge in [-0.2, -0.15) is 0 Å². The molecular formula is C18H19N3O7. The molecule has 2 fully saturated rings. The Bertz CT molecular complexity index is 795. The van der Waals surface area contributed by atoms with Crippen LogP contribution in [0.2, 0.25) is 0 Å². The normalized spacial score (nSPS) is 19.4. The molecule has 0 spiro atoms. The van der Waals surface area contributed by atoms with E-state index in [-0.39, 0.29) is 26.1 Å². The quantitative estimate of drug-likeness (QED) is 0.671. The van der Waals surface area contributed by atoms with Crippen LogP contribution in [0.4, 0.5) is 4.79 Å². The summed E-state index contributed by atoms with van der Waals surface area (Å²) in [5.41, 5.74) is 0.775. The van der Waals surface area contributed by atoms with Crippen LogP contribution in [0, 0.1) is 0 Å². The highest BCUT2D eigenvalue weighted by molar-refractivity contribution is 6.01.